The number of nitrogens with one attached hydrogen (secondary N) is 5. The van der Waals surface area contributed by atoms with Gasteiger partial charge in [0, 0.05) is 49.6 Å². The highest BCUT2D eigenvalue weighted by Crippen LogP contribution is 2.17. The summed E-state index contributed by atoms with van der Waals surface area (Å²) in [5.41, 5.74) is 3.06. The maximum Gasteiger partial charge on any atom is 0.251 e. The Morgan fingerprint density at radius 2 is 1.00 bits per heavy atom. The third-order valence-corrected chi connectivity index (χ3v) is 7.30. The van der Waals surface area contributed by atoms with Crippen molar-refractivity contribution >= 4 is 35.3 Å². The first-order valence-electron chi connectivity index (χ1n) is 17.7. The third-order valence-electron chi connectivity index (χ3n) is 7.30. The van der Waals surface area contributed by atoms with Crippen LogP contribution < -0.4 is 26.6 Å². The second kappa shape index (κ2) is 24.1. The fraction of sp³-hybridized carbons (Fsp3) is 0.395. The van der Waals surface area contributed by atoms with Gasteiger partial charge in [-0.15, -0.1) is 0 Å². The van der Waals surface area contributed by atoms with Crippen molar-refractivity contribution in [2.24, 2.45) is 0 Å². The summed E-state index contributed by atoms with van der Waals surface area (Å²) in [6.45, 7) is 7.75. The van der Waals surface area contributed by atoms with Gasteiger partial charge >= 0.3 is 0 Å². The zero-order valence-corrected chi connectivity index (χ0v) is 29.8. The summed E-state index contributed by atoms with van der Waals surface area (Å²) in [5, 5.41) is 15.4. The Labute approximate surface area is 305 Å². The van der Waals surface area contributed by atoms with E-state index in [2.05, 4.69) is 60.6 Å². The predicted octanol–water partition coefficient (Wildman–Crippen LogP) is 4.32. The Morgan fingerprint density at radius 3 is 1.58 bits per heavy atom. The van der Waals surface area contributed by atoms with Crippen LogP contribution in [0, 0.1) is 0 Å². The summed E-state index contributed by atoms with van der Waals surface area (Å²) in [6, 6.07) is 26.3. The average molecular weight is 715 g/mol. The second-order valence-electron chi connectivity index (χ2n) is 11.4. The molecule has 14 heteroatoms. The van der Waals surface area contributed by atoms with E-state index in [-0.39, 0.29) is 11.8 Å². The van der Waals surface area contributed by atoms with Crippen LogP contribution in [0.25, 0.3) is 0 Å². The highest BCUT2D eigenvalue weighted by Gasteiger charge is 2.10. The summed E-state index contributed by atoms with van der Waals surface area (Å²) in [5.74, 6) is 0.821. The summed E-state index contributed by atoms with van der Waals surface area (Å²) >= 11 is 0. The Kier molecular flexibility index (Phi) is 18.4. The molecule has 14 nitrogen and oxygen atoms in total. The van der Waals surface area contributed by atoms with E-state index < -0.39 is 0 Å². The van der Waals surface area contributed by atoms with Gasteiger partial charge in [-0.2, -0.15) is 15.0 Å². The van der Waals surface area contributed by atoms with Crippen molar-refractivity contribution in [3.63, 3.8) is 0 Å². The van der Waals surface area contributed by atoms with Crippen LogP contribution in [-0.4, -0.2) is 106 Å². The number of ether oxygens (including phenoxy) is 4. The van der Waals surface area contributed by atoms with E-state index in [1.165, 1.54) is 5.56 Å². The number of hydrogen-bond acceptors (Lipinski definition) is 12. The largest absolute Gasteiger partial charge is 0.379 e. The minimum atomic E-state index is -0.185. The topological polar surface area (TPSA) is 170 Å². The molecule has 4 aromatic rings. The Balaban J connectivity index is 1.20. The van der Waals surface area contributed by atoms with Gasteiger partial charge in [0.1, 0.15) is 0 Å². The number of carbonyl (C=O) groups is 2. The molecule has 0 saturated carbocycles. The zero-order chi connectivity index (χ0) is 36.5. The molecule has 0 fully saturated rings. The Bertz CT molecular complexity index is 1580. The van der Waals surface area contributed by atoms with E-state index in [1.807, 2.05) is 36.4 Å². The van der Waals surface area contributed by atoms with Crippen molar-refractivity contribution in [2.75, 3.05) is 95.0 Å². The van der Waals surface area contributed by atoms with Crippen LogP contribution in [0.1, 0.15) is 39.6 Å². The number of rotatable bonds is 26. The first kappa shape index (κ1) is 39.6. The van der Waals surface area contributed by atoms with Crippen LogP contribution in [0.2, 0.25) is 0 Å². The van der Waals surface area contributed by atoms with Crippen molar-refractivity contribution < 1.29 is 28.5 Å². The number of carbonyl (C=O) groups excluding carboxylic acids is 2. The van der Waals surface area contributed by atoms with E-state index in [9.17, 15) is 9.59 Å². The normalized spacial score (nSPS) is 10.8. The quantitative estimate of drug-likeness (QED) is 0.0585. The lowest BCUT2D eigenvalue weighted by molar-refractivity contribution is 0.0485. The first-order chi connectivity index (χ1) is 25.6. The van der Waals surface area contributed by atoms with Crippen molar-refractivity contribution in [3.8, 4) is 0 Å². The van der Waals surface area contributed by atoms with Gasteiger partial charge in [-0.25, -0.2) is 0 Å². The molecular formula is C38H50N8O6. The summed E-state index contributed by atoms with van der Waals surface area (Å²) in [4.78, 5) is 38.3. The maximum absolute atomic E-state index is 12.6. The van der Waals surface area contributed by atoms with E-state index >= 15 is 0 Å². The predicted molar refractivity (Wildman–Crippen MR) is 201 cm³/mol. The van der Waals surface area contributed by atoms with E-state index in [0.29, 0.717) is 107 Å². The molecule has 2 amide bonds. The molecule has 0 atom stereocenters. The highest BCUT2D eigenvalue weighted by atomic mass is 16.5. The maximum atomic E-state index is 12.6. The molecule has 0 bridgehead atoms. The number of aromatic nitrogens is 3. The lowest BCUT2D eigenvalue weighted by Gasteiger charge is -2.12. The third kappa shape index (κ3) is 15.8. The molecule has 1 aromatic heterocycles. The van der Waals surface area contributed by atoms with Crippen molar-refractivity contribution in [2.45, 2.75) is 19.8 Å². The fourth-order valence-electron chi connectivity index (χ4n) is 4.68. The Morgan fingerprint density at radius 1 is 0.519 bits per heavy atom. The Hall–Kier alpha value is -5.15. The molecular weight excluding hydrogens is 664 g/mol. The standard InChI is InChI=1S/C38H50N8O6/c1-2-22-49-26-27-50-24-20-40-35(48)32-13-15-33(16-14-32)43-38-45-36(41-18-17-30-9-5-3-6-10-30)44-37(46-38)42-21-25-52-29-28-51-23-19-39-34(47)31-11-7-4-8-12-31/h3-16H,2,17-29H2,1H3,(H,39,47)(H,40,48)(H3,41,42,43,44,45,46). The summed E-state index contributed by atoms with van der Waals surface area (Å²) in [6.07, 6.45) is 1.78. The molecule has 5 N–H and O–H groups in total. The molecule has 0 aliphatic rings. The van der Waals surface area contributed by atoms with Crippen LogP contribution in [0.3, 0.4) is 0 Å². The van der Waals surface area contributed by atoms with Crippen molar-refractivity contribution in [1.82, 2.24) is 25.6 Å². The molecule has 0 aliphatic carbocycles. The molecule has 0 unspecified atom stereocenters. The van der Waals surface area contributed by atoms with Crippen LogP contribution in [0.5, 0.6) is 0 Å². The summed E-state index contributed by atoms with van der Waals surface area (Å²) < 4.78 is 22.1. The van der Waals surface area contributed by atoms with Crippen LogP contribution >= 0.6 is 0 Å². The van der Waals surface area contributed by atoms with Gasteiger partial charge in [-0.3, -0.25) is 9.59 Å². The molecule has 0 radical (unpaired) electrons. The molecule has 1 heterocycles. The molecule has 0 spiro atoms. The molecule has 278 valence electrons. The average Bonchev–Trinajstić information content (AvgIpc) is 3.17. The number of amides is 2. The lowest BCUT2D eigenvalue weighted by Crippen LogP contribution is -2.27. The molecule has 4 rings (SSSR count). The van der Waals surface area contributed by atoms with Gasteiger partial charge in [-0.1, -0.05) is 55.5 Å². The second-order valence-corrected chi connectivity index (χ2v) is 11.4. The monoisotopic (exact) mass is 714 g/mol. The smallest absolute Gasteiger partial charge is 0.251 e. The number of anilines is 4. The number of hydrogen-bond donors (Lipinski definition) is 5. The minimum Gasteiger partial charge on any atom is -0.379 e. The lowest BCUT2D eigenvalue weighted by atomic mass is 10.1. The number of benzene rings is 3. The van der Waals surface area contributed by atoms with Crippen molar-refractivity contribution in [3.05, 3.63) is 102 Å². The molecule has 0 aliphatic heterocycles. The van der Waals surface area contributed by atoms with Gasteiger partial charge in [-0.05, 0) is 54.8 Å². The van der Waals surface area contributed by atoms with Gasteiger partial charge in [0.2, 0.25) is 17.8 Å². The molecule has 3 aromatic carbocycles. The SMILES string of the molecule is CCCOCCOCCNC(=O)c1ccc(Nc2nc(NCCOCCOCCNC(=O)c3ccccc3)nc(NCCc3ccccc3)n2)cc1. The van der Waals surface area contributed by atoms with Gasteiger partial charge in [0.05, 0.1) is 46.2 Å². The van der Waals surface area contributed by atoms with Crippen LogP contribution in [-0.2, 0) is 25.4 Å². The van der Waals surface area contributed by atoms with E-state index in [1.54, 1.807) is 36.4 Å². The van der Waals surface area contributed by atoms with Gasteiger partial charge in [0.15, 0.2) is 0 Å². The molecule has 52 heavy (non-hydrogen) atoms. The van der Waals surface area contributed by atoms with Crippen molar-refractivity contribution in [1.29, 1.82) is 0 Å². The number of nitrogens with zero attached hydrogens (tertiary/aromatic N) is 3. The van der Waals surface area contributed by atoms with E-state index in [0.717, 1.165) is 19.4 Å². The zero-order valence-electron chi connectivity index (χ0n) is 29.8. The van der Waals surface area contributed by atoms with Crippen LogP contribution in [0.15, 0.2) is 84.9 Å². The van der Waals surface area contributed by atoms with E-state index in [4.69, 9.17) is 18.9 Å². The molecule has 0 saturated heterocycles. The fourth-order valence-corrected chi connectivity index (χ4v) is 4.68. The first-order valence-corrected chi connectivity index (χ1v) is 17.7. The van der Waals surface area contributed by atoms with Crippen LogP contribution in [0.4, 0.5) is 23.5 Å². The highest BCUT2D eigenvalue weighted by molar-refractivity contribution is 5.94. The summed E-state index contributed by atoms with van der Waals surface area (Å²) in [7, 11) is 0. The van der Waals surface area contributed by atoms with Gasteiger partial charge in [0.25, 0.3) is 11.8 Å². The van der Waals surface area contributed by atoms with Gasteiger partial charge < -0.3 is 45.5 Å². The minimum absolute atomic E-state index is 0.127.